The molecule has 0 aliphatic carbocycles. The lowest BCUT2D eigenvalue weighted by molar-refractivity contribution is -0.131. The largest absolute Gasteiger partial charge is 0.497 e. The van der Waals surface area contributed by atoms with Crippen LogP contribution in [0.15, 0.2) is 57.3 Å². The summed E-state index contributed by atoms with van der Waals surface area (Å²) >= 11 is 0.865. The lowest BCUT2D eigenvalue weighted by Crippen LogP contribution is -1.96. The van der Waals surface area contributed by atoms with Gasteiger partial charge in [-0.3, -0.25) is 4.98 Å². The zero-order valence-electron chi connectivity index (χ0n) is 14.4. The van der Waals surface area contributed by atoms with Crippen LogP contribution in [-0.2, 0) is 4.79 Å². The number of rotatable bonds is 7. The molecule has 9 heteroatoms. The molecule has 27 heavy (non-hydrogen) atoms. The highest BCUT2D eigenvalue weighted by atomic mass is 32.2. The van der Waals surface area contributed by atoms with Gasteiger partial charge in [-0.2, -0.15) is 0 Å². The number of hydrogen-bond acceptors (Lipinski definition) is 8. The monoisotopic (exact) mass is 385 g/mol. The van der Waals surface area contributed by atoms with E-state index in [0.29, 0.717) is 22.6 Å². The number of carbonyl (C=O) groups is 1. The van der Waals surface area contributed by atoms with Gasteiger partial charge in [-0.15, -0.1) is 10.2 Å². The zero-order chi connectivity index (χ0) is 19.2. The minimum Gasteiger partial charge on any atom is -0.497 e. The Hall–Kier alpha value is -3.33. The molecule has 0 amide bonds. The number of carboxylic acid groups (broad SMARTS) is 1. The van der Waals surface area contributed by atoms with E-state index in [2.05, 4.69) is 15.2 Å². The van der Waals surface area contributed by atoms with Crippen LogP contribution in [0.3, 0.4) is 0 Å². The summed E-state index contributed by atoms with van der Waals surface area (Å²) in [5, 5.41) is 17.4. The molecule has 0 aliphatic rings. The van der Waals surface area contributed by atoms with Crippen molar-refractivity contribution in [1.29, 1.82) is 0 Å². The summed E-state index contributed by atoms with van der Waals surface area (Å²) < 4.78 is 16.0. The SMILES string of the molecule is COc1cc(OC)cc(-c2nnc(S/C(=C\c3ccncc3)C(=O)O)o2)c1. The van der Waals surface area contributed by atoms with Crippen molar-refractivity contribution in [2.24, 2.45) is 0 Å². The fraction of sp³-hybridized carbons (Fsp3) is 0.111. The van der Waals surface area contributed by atoms with E-state index in [0.717, 1.165) is 11.8 Å². The summed E-state index contributed by atoms with van der Waals surface area (Å²) in [4.78, 5) is 15.5. The average molecular weight is 385 g/mol. The lowest BCUT2D eigenvalue weighted by atomic mass is 10.2. The van der Waals surface area contributed by atoms with Crippen molar-refractivity contribution in [1.82, 2.24) is 15.2 Å². The molecule has 138 valence electrons. The molecule has 0 spiro atoms. The van der Waals surface area contributed by atoms with Crippen LogP contribution in [0.4, 0.5) is 0 Å². The zero-order valence-corrected chi connectivity index (χ0v) is 15.3. The third-order valence-electron chi connectivity index (χ3n) is 3.42. The van der Waals surface area contributed by atoms with Crippen LogP contribution in [0.1, 0.15) is 5.56 Å². The van der Waals surface area contributed by atoms with Gasteiger partial charge in [0, 0.05) is 24.0 Å². The Balaban J connectivity index is 1.87. The van der Waals surface area contributed by atoms with Crippen LogP contribution in [0.25, 0.3) is 17.5 Å². The fourth-order valence-corrected chi connectivity index (χ4v) is 2.81. The first-order valence-corrected chi connectivity index (χ1v) is 8.50. The summed E-state index contributed by atoms with van der Waals surface area (Å²) in [5.74, 6) is 0.268. The number of methoxy groups -OCH3 is 2. The number of aliphatic carboxylic acids is 1. The van der Waals surface area contributed by atoms with Crippen molar-refractivity contribution in [3.05, 3.63) is 53.2 Å². The van der Waals surface area contributed by atoms with E-state index in [1.165, 1.54) is 20.3 Å². The number of nitrogens with zero attached hydrogens (tertiary/aromatic N) is 3. The van der Waals surface area contributed by atoms with Gasteiger partial charge in [0.05, 0.1) is 14.2 Å². The Morgan fingerprint density at radius 1 is 1.11 bits per heavy atom. The van der Waals surface area contributed by atoms with Crippen LogP contribution < -0.4 is 9.47 Å². The quantitative estimate of drug-likeness (QED) is 0.484. The van der Waals surface area contributed by atoms with Gasteiger partial charge in [-0.05, 0) is 47.7 Å². The predicted octanol–water partition coefficient (Wildman–Crippen LogP) is 3.37. The van der Waals surface area contributed by atoms with Crippen molar-refractivity contribution < 1.29 is 23.8 Å². The van der Waals surface area contributed by atoms with Crippen molar-refractivity contribution in [2.45, 2.75) is 5.22 Å². The van der Waals surface area contributed by atoms with Gasteiger partial charge >= 0.3 is 5.97 Å². The second-order valence-corrected chi connectivity index (χ2v) is 6.16. The van der Waals surface area contributed by atoms with Crippen LogP contribution in [0, 0.1) is 0 Å². The van der Waals surface area contributed by atoms with Gasteiger partial charge in [0.15, 0.2) is 0 Å². The van der Waals surface area contributed by atoms with Gasteiger partial charge < -0.3 is 19.0 Å². The van der Waals surface area contributed by atoms with Crippen LogP contribution in [0.2, 0.25) is 0 Å². The first kappa shape index (κ1) is 18.5. The Morgan fingerprint density at radius 3 is 2.37 bits per heavy atom. The standard InChI is InChI=1S/C18H15N3O5S/c1-24-13-8-12(9-14(10-13)25-2)16-20-21-18(26-16)27-15(17(22)23)7-11-3-5-19-6-4-11/h3-10H,1-2H3,(H,22,23)/b15-7-. The third kappa shape index (κ3) is 4.64. The van der Waals surface area contributed by atoms with Gasteiger partial charge in [-0.25, -0.2) is 4.79 Å². The van der Waals surface area contributed by atoms with E-state index in [9.17, 15) is 9.90 Å². The maximum Gasteiger partial charge on any atom is 0.342 e. The number of pyridine rings is 1. The molecule has 0 aliphatic heterocycles. The van der Waals surface area contributed by atoms with Crippen molar-refractivity contribution in [3.8, 4) is 23.0 Å². The number of ether oxygens (including phenoxy) is 2. The highest BCUT2D eigenvalue weighted by Gasteiger charge is 2.17. The molecule has 0 bridgehead atoms. The summed E-state index contributed by atoms with van der Waals surface area (Å²) in [5.41, 5.74) is 1.30. The molecule has 1 N–H and O–H groups in total. The summed E-state index contributed by atoms with van der Waals surface area (Å²) in [6.07, 6.45) is 4.67. The van der Waals surface area contributed by atoms with E-state index in [-0.39, 0.29) is 16.0 Å². The Labute approximate surface area is 158 Å². The first-order chi connectivity index (χ1) is 13.1. The Bertz CT molecular complexity index is 950. The first-order valence-electron chi connectivity index (χ1n) is 7.69. The summed E-state index contributed by atoms with van der Waals surface area (Å²) in [7, 11) is 3.08. The molecule has 3 rings (SSSR count). The highest BCUT2D eigenvalue weighted by molar-refractivity contribution is 8.03. The van der Waals surface area contributed by atoms with Gasteiger partial charge in [0.25, 0.3) is 5.22 Å². The van der Waals surface area contributed by atoms with Crippen molar-refractivity contribution in [3.63, 3.8) is 0 Å². The normalized spacial score (nSPS) is 11.3. The molecule has 0 saturated heterocycles. The molecule has 0 radical (unpaired) electrons. The maximum atomic E-state index is 11.5. The molecule has 2 aromatic heterocycles. The second kappa shape index (κ2) is 8.37. The number of benzene rings is 1. The maximum absolute atomic E-state index is 11.5. The van der Waals surface area contributed by atoms with Crippen molar-refractivity contribution in [2.75, 3.05) is 14.2 Å². The molecule has 0 atom stereocenters. The van der Waals surface area contributed by atoms with Gasteiger partial charge in [0.2, 0.25) is 5.89 Å². The smallest absolute Gasteiger partial charge is 0.342 e. The minimum atomic E-state index is -1.10. The van der Waals surface area contributed by atoms with E-state index in [1.54, 1.807) is 42.7 Å². The van der Waals surface area contributed by atoms with E-state index in [1.807, 2.05) is 0 Å². The molecule has 2 heterocycles. The molecular formula is C18H15N3O5S. The van der Waals surface area contributed by atoms with E-state index in [4.69, 9.17) is 13.9 Å². The second-order valence-electron chi connectivity index (χ2n) is 5.17. The predicted molar refractivity (Wildman–Crippen MR) is 98.5 cm³/mol. The number of aromatic nitrogens is 3. The highest BCUT2D eigenvalue weighted by Crippen LogP contribution is 2.33. The fourth-order valence-electron chi connectivity index (χ4n) is 2.14. The third-order valence-corrected chi connectivity index (χ3v) is 4.27. The molecule has 0 fully saturated rings. The Kier molecular flexibility index (Phi) is 5.72. The topological polar surface area (TPSA) is 108 Å². The van der Waals surface area contributed by atoms with E-state index < -0.39 is 5.97 Å². The number of carboxylic acids is 1. The van der Waals surface area contributed by atoms with Gasteiger partial charge in [-0.1, -0.05) is 0 Å². The molecule has 0 saturated carbocycles. The van der Waals surface area contributed by atoms with Crippen LogP contribution in [-0.4, -0.2) is 40.5 Å². The molecular weight excluding hydrogens is 370 g/mol. The minimum absolute atomic E-state index is 0.0413. The Morgan fingerprint density at radius 2 is 1.78 bits per heavy atom. The number of thioether (sulfide) groups is 1. The number of hydrogen-bond donors (Lipinski definition) is 1. The van der Waals surface area contributed by atoms with Crippen molar-refractivity contribution >= 4 is 23.8 Å². The average Bonchev–Trinajstić information content (AvgIpc) is 3.16. The lowest BCUT2D eigenvalue weighted by Gasteiger charge is -2.05. The van der Waals surface area contributed by atoms with Crippen LogP contribution in [0.5, 0.6) is 11.5 Å². The van der Waals surface area contributed by atoms with Crippen LogP contribution >= 0.6 is 11.8 Å². The molecule has 8 nitrogen and oxygen atoms in total. The summed E-state index contributed by atoms with van der Waals surface area (Å²) in [6.45, 7) is 0. The molecule has 1 aromatic carbocycles. The van der Waals surface area contributed by atoms with Gasteiger partial charge in [0.1, 0.15) is 16.4 Å². The molecule has 3 aromatic rings. The molecule has 0 unspecified atom stereocenters. The summed E-state index contributed by atoms with van der Waals surface area (Å²) in [6, 6.07) is 8.55. The van der Waals surface area contributed by atoms with E-state index >= 15 is 0 Å².